The summed E-state index contributed by atoms with van der Waals surface area (Å²) in [6, 6.07) is 18.5. The van der Waals surface area contributed by atoms with Gasteiger partial charge in [0.15, 0.2) is 0 Å². The minimum atomic E-state index is -0.428. The predicted molar refractivity (Wildman–Crippen MR) is 106 cm³/mol. The lowest BCUT2D eigenvalue weighted by molar-refractivity contribution is -0.0753. The fourth-order valence-corrected chi connectivity index (χ4v) is 4.22. The molecule has 3 saturated carbocycles. The third kappa shape index (κ3) is 4.44. The first-order valence-electron chi connectivity index (χ1n) is 9.73. The highest BCUT2D eigenvalue weighted by Gasteiger charge is 2.45. The summed E-state index contributed by atoms with van der Waals surface area (Å²) in [6.07, 6.45) is 2.35. The molecule has 5 rings (SSSR count). The van der Waals surface area contributed by atoms with Crippen molar-refractivity contribution in [1.29, 1.82) is 0 Å². The minimum absolute atomic E-state index is 0.125. The molecular formula is C22H24N2O4. The molecular weight excluding hydrogens is 356 g/mol. The van der Waals surface area contributed by atoms with Gasteiger partial charge in [0.05, 0.1) is 0 Å². The number of carbonyl (C=O) groups is 2. The maximum absolute atomic E-state index is 12.2. The lowest BCUT2D eigenvalue weighted by Gasteiger charge is -2.45. The Morgan fingerprint density at radius 1 is 0.679 bits per heavy atom. The van der Waals surface area contributed by atoms with Gasteiger partial charge >= 0.3 is 12.2 Å². The molecule has 0 aromatic heterocycles. The highest BCUT2D eigenvalue weighted by molar-refractivity contribution is 5.85. The average molecular weight is 380 g/mol. The fraction of sp³-hybridized carbons (Fsp3) is 0.364. The topological polar surface area (TPSA) is 76.7 Å². The normalized spacial score (nSPS) is 25.6. The maximum atomic E-state index is 12.2. The van der Waals surface area contributed by atoms with E-state index < -0.39 is 12.2 Å². The standard InChI is InChI=1S/C22H24N2O4/c25-21(23-17-7-3-1-4-8-17)27-19-13-16-12-11-15(19)14-20(16)28-22(26)24-18-9-5-2-6-10-18/h1-10,15-16,19-20H,11-14H2,(H,23,25)(H,24,26)/t15-,16-,19-,20+/m1/s1. The third-order valence-corrected chi connectivity index (χ3v) is 5.59. The van der Waals surface area contributed by atoms with Gasteiger partial charge in [0.25, 0.3) is 0 Å². The molecule has 0 spiro atoms. The van der Waals surface area contributed by atoms with Crippen molar-refractivity contribution in [2.75, 3.05) is 10.6 Å². The molecule has 6 nitrogen and oxygen atoms in total. The highest BCUT2D eigenvalue weighted by Crippen LogP contribution is 2.44. The summed E-state index contributed by atoms with van der Waals surface area (Å²) >= 11 is 0. The van der Waals surface area contributed by atoms with Gasteiger partial charge < -0.3 is 9.47 Å². The van der Waals surface area contributed by atoms with E-state index in [0.717, 1.165) is 25.7 Å². The predicted octanol–water partition coefficient (Wildman–Crippen LogP) is 5.04. The van der Waals surface area contributed by atoms with Gasteiger partial charge in [0.2, 0.25) is 0 Å². The number of benzene rings is 2. The molecule has 2 amide bonds. The van der Waals surface area contributed by atoms with Gasteiger partial charge in [-0.2, -0.15) is 0 Å². The van der Waals surface area contributed by atoms with E-state index in [1.165, 1.54) is 0 Å². The van der Waals surface area contributed by atoms with Crippen molar-refractivity contribution in [2.24, 2.45) is 11.8 Å². The molecule has 2 bridgehead atoms. The van der Waals surface area contributed by atoms with Crippen LogP contribution in [0.5, 0.6) is 0 Å². The largest absolute Gasteiger partial charge is 0.446 e. The zero-order valence-corrected chi connectivity index (χ0v) is 15.5. The van der Waals surface area contributed by atoms with Crippen LogP contribution in [0.15, 0.2) is 60.7 Å². The molecule has 0 saturated heterocycles. The van der Waals surface area contributed by atoms with Crippen LogP contribution in [0.3, 0.4) is 0 Å². The van der Waals surface area contributed by atoms with Crippen molar-refractivity contribution in [3.8, 4) is 0 Å². The summed E-state index contributed by atoms with van der Waals surface area (Å²) in [7, 11) is 0. The molecule has 0 heterocycles. The molecule has 0 unspecified atom stereocenters. The van der Waals surface area contributed by atoms with Crippen LogP contribution in [0.2, 0.25) is 0 Å². The van der Waals surface area contributed by atoms with Crippen LogP contribution < -0.4 is 10.6 Å². The van der Waals surface area contributed by atoms with Crippen molar-refractivity contribution >= 4 is 23.6 Å². The zero-order chi connectivity index (χ0) is 19.3. The number of amides is 2. The smallest absolute Gasteiger partial charge is 0.411 e. The molecule has 6 heteroatoms. The van der Waals surface area contributed by atoms with Crippen LogP contribution in [0, 0.1) is 11.8 Å². The summed E-state index contributed by atoms with van der Waals surface area (Å²) in [5.74, 6) is 0.446. The number of rotatable bonds is 4. The van der Waals surface area contributed by atoms with Gasteiger partial charge in [-0.3, -0.25) is 10.6 Å². The Hall–Kier alpha value is -3.02. The maximum Gasteiger partial charge on any atom is 0.411 e. The van der Waals surface area contributed by atoms with E-state index in [9.17, 15) is 9.59 Å². The molecule has 2 N–H and O–H groups in total. The number of fused-ring (bicyclic) bond motifs is 3. The van der Waals surface area contributed by atoms with Crippen LogP contribution in [0.1, 0.15) is 25.7 Å². The molecule has 4 atom stereocenters. The molecule has 0 radical (unpaired) electrons. The average Bonchev–Trinajstić information content (AvgIpc) is 2.70. The van der Waals surface area contributed by atoms with Crippen molar-refractivity contribution in [2.45, 2.75) is 37.9 Å². The number of carbonyl (C=O) groups excluding carboxylic acids is 2. The Morgan fingerprint density at radius 2 is 1.07 bits per heavy atom. The molecule has 2 aromatic carbocycles. The Kier molecular flexibility index (Phi) is 5.46. The summed E-state index contributed by atoms with van der Waals surface area (Å²) < 4.78 is 11.3. The van der Waals surface area contributed by atoms with Crippen LogP contribution in [-0.4, -0.2) is 24.4 Å². The number of anilines is 2. The van der Waals surface area contributed by atoms with Crippen LogP contribution in [0.25, 0.3) is 0 Å². The first-order valence-corrected chi connectivity index (χ1v) is 9.73. The number of para-hydroxylation sites is 2. The van der Waals surface area contributed by atoms with E-state index in [1.54, 1.807) is 0 Å². The second kappa shape index (κ2) is 8.33. The van der Waals surface area contributed by atoms with Crippen molar-refractivity contribution in [1.82, 2.24) is 0 Å². The first kappa shape index (κ1) is 18.3. The fourth-order valence-electron chi connectivity index (χ4n) is 4.22. The second-order valence-electron chi connectivity index (χ2n) is 7.44. The van der Waals surface area contributed by atoms with E-state index >= 15 is 0 Å². The number of nitrogens with one attached hydrogen (secondary N) is 2. The van der Waals surface area contributed by atoms with Gasteiger partial charge in [-0.05, 0) is 61.8 Å². The van der Waals surface area contributed by atoms with E-state index in [4.69, 9.17) is 9.47 Å². The molecule has 3 aliphatic carbocycles. The molecule has 3 aliphatic rings. The van der Waals surface area contributed by atoms with Crippen molar-refractivity contribution < 1.29 is 19.1 Å². The lowest BCUT2D eigenvalue weighted by atomic mass is 9.67. The van der Waals surface area contributed by atoms with Gasteiger partial charge in [-0.1, -0.05) is 36.4 Å². The summed E-state index contributed by atoms with van der Waals surface area (Å²) in [4.78, 5) is 24.4. The number of hydrogen-bond acceptors (Lipinski definition) is 4. The minimum Gasteiger partial charge on any atom is -0.446 e. The van der Waals surface area contributed by atoms with E-state index in [0.29, 0.717) is 11.4 Å². The first-order chi connectivity index (χ1) is 13.7. The molecule has 2 aromatic rings. The summed E-state index contributed by atoms with van der Waals surface area (Å²) in [5, 5.41) is 5.53. The van der Waals surface area contributed by atoms with Crippen LogP contribution in [0.4, 0.5) is 21.0 Å². The van der Waals surface area contributed by atoms with E-state index in [-0.39, 0.29) is 24.0 Å². The lowest BCUT2D eigenvalue weighted by Crippen LogP contribution is -2.47. The van der Waals surface area contributed by atoms with Gasteiger partial charge in [0.1, 0.15) is 12.2 Å². The number of hydrogen-bond donors (Lipinski definition) is 2. The molecule has 28 heavy (non-hydrogen) atoms. The van der Waals surface area contributed by atoms with Crippen LogP contribution in [-0.2, 0) is 9.47 Å². The highest BCUT2D eigenvalue weighted by atomic mass is 16.6. The van der Waals surface area contributed by atoms with Crippen LogP contribution >= 0.6 is 0 Å². The molecule has 3 fully saturated rings. The van der Waals surface area contributed by atoms with Crippen molar-refractivity contribution in [3.05, 3.63) is 60.7 Å². The molecule has 0 aliphatic heterocycles. The van der Waals surface area contributed by atoms with E-state index in [1.807, 2.05) is 60.7 Å². The Balaban J connectivity index is 1.28. The van der Waals surface area contributed by atoms with Gasteiger partial charge in [-0.15, -0.1) is 0 Å². The van der Waals surface area contributed by atoms with Crippen molar-refractivity contribution in [3.63, 3.8) is 0 Å². The summed E-state index contributed by atoms with van der Waals surface area (Å²) in [5.41, 5.74) is 1.43. The SMILES string of the molecule is O=C(Nc1ccccc1)O[C@H]1C[C@H]2CC[C@@H]1C[C@H]2OC(=O)Nc1ccccc1. The van der Waals surface area contributed by atoms with Gasteiger partial charge in [0, 0.05) is 11.4 Å². The third-order valence-electron chi connectivity index (χ3n) is 5.59. The Morgan fingerprint density at radius 3 is 1.43 bits per heavy atom. The van der Waals surface area contributed by atoms with E-state index in [2.05, 4.69) is 10.6 Å². The Labute approximate surface area is 164 Å². The quantitative estimate of drug-likeness (QED) is 0.779. The second-order valence-corrected chi connectivity index (χ2v) is 7.44. The summed E-state index contributed by atoms with van der Waals surface area (Å²) in [6.45, 7) is 0. The number of ether oxygens (including phenoxy) is 2. The molecule has 146 valence electrons. The Bertz CT molecular complexity index is 742. The van der Waals surface area contributed by atoms with Gasteiger partial charge in [-0.25, -0.2) is 9.59 Å². The monoisotopic (exact) mass is 380 g/mol. The zero-order valence-electron chi connectivity index (χ0n) is 15.5.